The summed E-state index contributed by atoms with van der Waals surface area (Å²) >= 11 is 0. The van der Waals surface area contributed by atoms with Crippen LogP contribution in [0.15, 0.2) is 42.6 Å². The van der Waals surface area contributed by atoms with Crippen molar-refractivity contribution in [3.8, 4) is 11.6 Å². The second-order valence-corrected chi connectivity index (χ2v) is 7.72. The first-order valence-electron chi connectivity index (χ1n) is 9.67. The van der Waals surface area contributed by atoms with Crippen LogP contribution in [-0.2, 0) is 10.9 Å². The predicted molar refractivity (Wildman–Crippen MR) is 101 cm³/mol. The molecule has 9 heteroatoms. The molecule has 3 heterocycles. The highest BCUT2D eigenvalue weighted by atomic mass is 19.4. The number of carboxylic acid groups (broad SMARTS) is 1. The lowest BCUT2D eigenvalue weighted by atomic mass is 9.83. The van der Waals surface area contributed by atoms with Crippen LogP contribution in [0, 0.1) is 0 Å². The zero-order chi connectivity index (χ0) is 21.4. The number of nitrogens with zero attached hydrogens (tertiary/aromatic N) is 2. The van der Waals surface area contributed by atoms with Gasteiger partial charge >= 0.3 is 12.3 Å². The maximum absolute atomic E-state index is 12.7. The molecular weight excluding hydrogens is 401 g/mol. The van der Waals surface area contributed by atoms with E-state index in [1.807, 2.05) is 18.2 Å². The zero-order valence-corrected chi connectivity index (χ0v) is 16.1. The lowest BCUT2D eigenvalue weighted by Gasteiger charge is -2.37. The van der Waals surface area contributed by atoms with Crippen LogP contribution in [-0.4, -0.2) is 46.4 Å². The number of piperidine rings is 1. The van der Waals surface area contributed by atoms with Crippen molar-refractivity contribution in [1.29, 1.82) is 0 Å². The van der Waals surface area contributed by atoms with Gasteiger partial charge in [0.2, 0.25) is 5.88 Å². The molecule has 2 saturated heterocycles. The number of aromatic nitrogens is 1. The highest BCUT2D eigenvalue weighted by molar-refractivity contribution is 5.65. The van der Waals surface area contributed by atoms with E-state index in [-0.39, 0.29) is 17.4 Å². The van der Waals surface area contributed by atoms with Crippen LogP contribution in [0.2, 0.25) is 0 Å². The zero-order valence-electron chi connectivity index (χ0n) is 16.1. The van der Waals surface area contributed by atoms with Crippen LogP contribution in [0.1, 0.15) is 36.3 Å². The van der Waals surface area contributed by atoms with Crippen LogP contribution >= 0.6 is 0 Å². The molecule has 2 aliphatic heterocycles. The monoisotopic (exact) mass is 422 g/mol. The Bertz CT molecular complexity index is 909. The molecule has 1 aromatic carbocycles. The molecule has 1 unspecified atom stereocenters. The molecule has 1 spiro atoms. The van der Waals surface area contributed by atoms with Crippen molar-refractivity contribution in [1.82, 2.24) is 9.88 Å². The van der Waals surface area contributed by atoms with Gasteiger partial charge in [-0.05, 0) is 43.0 Å². The van der Waals surface area contributed by atoms with Crippen molar-refractivity contribution in [2.45, 2.75) is 37.0 Å². The van der Waals surface area contributed by atoms with Crippen molar-refractivity contribution >= 4 is 6.09 Å². The van der Waals surface area contributed by atoms with Gasteiger partial charge in [-0.25, -0.2) is 9.78 Å². The maximum Gasteiger partial charge on any atom is 0.417 e. The number of carbonyl (C=O) groups is 1. The summed E-state index contributed by atoms with van der Waals surface area (Å²) in [6, 6.07) is 9.49. The van der Waals surface area contributed by atoms with E-state index in [0.717, 1.165) is 24.2 Å². The average molecular weight is 422 g/mol. The molecule has 30 heavy (non-hydrogen) atoms. The van der Waals surface area contributed by atoms with Gasteiger partial charge in [0.05, 0.1) is 17.8 Å². The van der Waals surface area contributed by atoms with Crippen LogP contribution < -0.4 is 4.74 Å². The van der Waals surface area contributed by atoms with E-state index < -0.39 is 17.8 Å². The Balaban J connectivity index is 1.41. The summed E-state index contributed by atoms with van der Waals surface area (Å²) in [6.07, 6.45) is -2.46. The SMILES string of the molecule is O=C(O)N1CCC2(CC1)CC(c1cccc(Oc3ccc(C(F)(F)F)cn3)c1)CO2. The first-order valence-corrected chi connectivity index (χ1v) is 9.67. The molecule has 0 bridgehead atoms. The molecule has 160 valence electrons. The van der Waals surface area contributed by atoms with Gasteiger partial charge in [-0.1, -0.05) is 12.1 Å². The lowest BCUT2D eigenvalue weighted by molar-refractivity contribution is -0.137. The van der Waals surface area contributed by atoms with Gasteiger partial charge in [-0.15, -0.1) is 0 Å². The number of rotatable bonds is 3. The lowest BCUT2D eigenvalue weighted by Crippen LogP contribution is -2.45. The van der Waals surface area contributed by atoms with Crippen molar-refractivity contribution < 1.29 is 32.5 Å². The Hall–Kier alpha value is -2.81. The molecule has 1 atom stereocenters. The van der Waals surface area contributed by atoms with E-state index in [4.69, 9.17) is 14.6 Å². The Morgan fingerprint density at radius 1 is 1.23 bits per heavy atom. The summed E-state index contributed by atoms with van der Waals surface area (Å²) in [5.74, 6) is 0.715. The first kappa shape index (κ1) is 20.5. The molecule has 2 aromatic rings. The minimum atomic E-state index is -4.44. The summed E-state index contributed by atoms with van der Waals surface area (Å²) < 4.78 is 49.7. The van der Waals surface area contributed by atoms with E-state index in [9.17, 15) is 18.0 Å². The Kier molecular flexibility index (Phi) is 5.31. The Morgan fingerprint density at radius 2 is 2.00 bits per heavy atom. The van der Waals surface area contributed by atoms with Gasteiger partial charge < -0.3 is 19.5 Å². The van der Waals surface area contributed by atoms with Gasteiger partial charge in [0.15, 0.2) is 0 Å². The van der Waals surface area contributed by atoms with Crippen molar-refractivity contribution in [3.63, 3.8) is 0 Å². The molecule has 1 amide bonds. The quantitative estimate of drug-likeness (QED) is 0.761. The fourth-order valence-corrected chi connectivity index (χ4v) is 4.07. The number of amides is 1. The van der Waals surface area contributed by atoms with Crippen molar-refractivity contribution in [3.05, 3.63) is 53.7 Å². The van der Waals surface area contributed by atoms with E-state index >= 15 is 0 Å². The molecule has 1 aromatic heterocycles. The smallest absolute Gasteiger partial charge is 0.417 e. The minimum absolute atomic E-state index is 0.0836. The predicted octanol–water partition coefficient (Wildman–Crippen LogP) is 4.91. The van der Waals surface area contributed by atoms with Crippen molar-refractivity contribution in [2.24, 2.45) is 0 Å². The highest BCUT2D eigenvalue weighted by Gasteiger charge is 2.43. The fraction of sp³-hybridized carbons (Fsp3) is 0.429. The van der Waals surface area contributed by atoms with Crippen molar-refractivity contribution in [2.75, 3.05) is 19.7 Å². The second kappa shape index (κ2) is 7.79. The fourth-order valence-electron chi connectivity index (χ4n) is 4.07. The third-order valence-electron chi connectivity index (χ3n) is 5.77. The number of pyridine rings is 1. The largest absolute Gasteiger partial charge is 0.465 e. The first-order chi connectivity index (χ1) is 14.2. The van der Waals surface area contributed by atoms with Gasteiger partial charge in [-0.3, -0.25) is 0 Å². The van der Waals surface area contributed by atoms with Gasteiger partial charge in [0, 0.05) is 31.3 Å². The molecular formula is C21H21F3N2O4. The molecule has 2 aliphatic rings. The highest BCUT2D eigenvalue weighted by Crippen LogP contribution is 2.43. The normalized spacial score (nSPS) is 21.0. The van der Waals surface area contributed by atoms with Crippen LogP contribution in [0.5, 0.6) is 11.6 Å². The number of benzene rings is 1. The third kappa shape index (κ3) is 4.35. The number of hydrogen-bond donors (Lipinski definition) is 1. The Labute approximate surface area is 171 Å². The van der Waals surface area contributed by atoms with E-state index in [2.05, 4.69) is 4.98 Å². The minimum Gasteiger partial charge on any atom is -0.465 e. The molecule has 0 saturated carbocycles. The summed E-state index contributed by atoms with van der Waals surface area (Å²) in [7, 11) is 0. The van der Waals surface area contributed by atoms with Crippen LogP contribution in [0.3, 0.4) is 0 Å². The number of halogens is 3. The number of ether oxygens (including phenoxy) is 2. The standard InChI is InChI=1S/C21H21F3N2O4/c22-21(23,24)16-4-5-18(25-12-16)30-17-3-1-2-14(10-17)15-11-20(29-13-15)6-8-26(9-7-20)19(27)28/h1-5,10,12,15H,6-9,11,13H2,(H,27,28). The summed E-state index contributed by atoms with van der Waals surface area (Å²) in [5.41, 5.74) is -0.120. The third-order valence-corrected chi connectivity index (χ3v) is 5.77. The molecule has 0 radical (unpaired) electrons. The van der Waals surface area contributed by atoms with E-state index in [1.54, 1.807) is 6.07 Å². The maximum atomic E-state index is 12.7. The van der Waals surface area contributed by atoms with Crippen LogP contribution in [0.25, 0.3) is 0 Å². The summed E-state index contributed by atoms with van der Waals surface area (Å²) in [6.45, 7) is 1.46. The summed E-state index contributed by atoms with van der Waals surface area (Å²) in [5, 5.41) is 9.12. The molecule has 4 rings (SSSR count). The molecule has 6 nitrogen and oxygen atoms in total. The number of alkyl halides is 3. The summed E-state index contributed by atoms with van der Waals surface area (Å²) in [4.78, 5) is 16.3. The average Bonchev–Trinajstić information content (AvgIpc) is 3.12. The van der Waals surface area contributed by atoms with Gasteiger partial charge in [0.25, 0.3) is 0 Å². The van der Waals surface area contributed by atoms with Gasteiger partial charge in [0.1, 0.15) is 5.75 Å². The van der Waals surface area contributed by atoms with E-state index in [1.165, 1.54) is 11.0 Å². The van der Waals surface area contributed by atoms with Crippen LogP contribution in [0.4, 0.5) is 18.0 Å². The molecule has 1 N–H and O–H groups in total. The number of likely N-dealkylation sites (tertiary alicyclic amines) is 1. The van der Waals surface area contributed by atoms with Gasteiger partial charge in [-0.2, -0.15) is 13.2 Å². The Morgan fingerprint density at radius 3 is 2.63 bits per heavy atom. The second-order valence-electron chi connectivity index (χ2n) is 7.72. The van der Waals surface area contributed by atoms with E-state index in [0.29, 0.717) is 38.3 Å². The molecule has 0 aliphatic carbocycles. The topological polar surface area (TPSA) is 71.9 Å². The number of hydrogen-bond acceptors (Lipinski definition) is 4. The molecule has 2 fully saturated rings.